The highest BCUT2D eigenvalue weighted by Gasteiger charge is 2.17. The first-order valence-electron chi connectivity index (χ1n) is 9.42. The molecule has 0 bridgehead atoms. The van der Waals surface area contributed by atoms with E-state index in [9.17, 15) is 4.79 Å². The first-order valence-corrected chi connectivity index (χ1v) is 9.42. The summed E-state index contributed by atoms with van der Waals surface area (Å²) in [4.78, 5) is 23.6. The van der Waals surface area contributed by atoms with E-state index in [-0.39, 0.29) is 5.91 Å². The van der Waals surface area contributed by atoms with Gasteiger partial charge in [-0.15, -0.1) is 0 Å². The molecule has 2 heterocycles. The van der Waals surface area contributed by atoms with Crippen molar-refractivity contribution < 1.29 is 9.53 Å². The molecule has 28 heavy (non-hydrogen) atoms. The molecule has 4 rings (SSSR count). The van der Waals surface area contributed by atoms with Gasteiger partial charge in [0.2, 0.25) is 0 Å². The van der Waals surface area contributed by atoms with Crippen LogP contribution in [0.5, 0.6) is 11.5 Å². The zero-order valence-corrected chi connectivity index (χ0v) is 15.8. The van der Waals surface area contributed by atoms with E-state index in [1.165, 1.54) is 0 Å². The monoisotopic (exact) mass is 374 g/mol. The van der Waals surface area contributed by atoms with E-state index in [2.05, 4.69) is 20.2 Å². The van der Waals surface area contributed by atoms with Gasteiger partial charge in [0, 0.05) is 24.8 Å². The van der Waals surface area contributed by atoms with Crippen molar-refractivity contribution in [1.29, 1.82) is 0 Å². The van der Waals surface area contributed by atoms with Crippen molar-refractivity contribution in [2.75, 3.05) is 23.3 Å². The highest BCUT2D eigenvalue weighted by molar-refractivity contribution is 6.03. The number of benzene rings is 2. The summed E-state index contributed by atoms with van der Waals surface area (Å²) in [6, 6.07) is 18.6. The molecule has 0 atom stereocenters. The Morgan fingerprint density at radius 3 is 2.36 bits per heavy atom. The molecule has 1 fully saturated rings. The molecule has 0 radical (unpaired) electrons. The number of hydrogen-bond donors (Lipinski definition) is 1. The van der Waals surface area contributed by atoms with Crippen LogP contribution < -0.4 is 15.0 Å². The van der Waals surface area contributed by atoms with Gasteiger partial charge in [-0.25, -0.2) is 9.97 Å². The summed E-state index contributed by atoms with van der Waals surface area (Å²) in [6.07, 6.45) is 2.31. The molecule has 1 saturated heterocycles. The Morgan fingerprint density at radius 1 is 0.964 bits per heavy atom. The quantitative estimate of drug-likeness (QED) is 0.716. The first-order chi connectivity index (χ1) is 13.7. The van der Waals surface area contributed by atoms with Crippen LogP contribution in [-0.2, 0) is 0 Å². The molecule has 6 nitrogen and oxygen atoms in total. The smallest absolute Gasteiger partial charge is 0.274 e. The highest BCUT2D eigenvalue weighted by atomic mass is 16.5. The van der Waals surface area contributed by atoms with Gasteiger partial charge in [0.1, 0.15) is 28.8 Å². The van der Waals surface area contributed by atoms with Gasteiger partial charge in [-0.3, -0.25) is 4.79 Å². The molecule has 1 aliphatic rings. The number of aryl methyl sites for hydroxylation is 1. The minimum Gasteiger partial charge on any atom is -0.457 e. The Hall–Kier alpha value is -3.41. The zero-order chi connectivity index (χ0) is 19.3. The summed E-state index contributed by atoms with van der Waals surface area (Å²) in [7, 11) is 0. The average molecular weight is 374 g/mol. The van der Waals surface area contributed by atoms with E-state index in [4.69, 9.17) is 4.74 Å². The van der Waals surface area contributed by atoms with Crippen molar-refractivity contribution in [3.8, 4) is 11.5 Å². The molecule has 0 unspecified atom stereocenters. The number of carbonyl (C=O) groups is 1. The molecule has 142 valence electrons. The second-order valence-electron chi connectivity index (χ2n) is 6.75. The van der Waals surface area contributed by atoms with Crippen molar-refractivity contribution in [3.05, 3.63) is 72.2 Å². The molecule has 1 aromatic heterocycles. The fourth-order valence-electron chi connectivity index (χ4n) is 3.20. The Labute approximate surface area is 164 Å². The molecule has 0 aliphatic carbocycles. The number of ether oxygens (including phenoxy) is 1. The van der Waals surface area contributed by atoms with Crippen molar-refractivity contribution in [2.24, 2.45) is 0 Å². The number of anilines is 2. The minimum absolute atomic E-state index is 0.248. The van der Waals surface area contributed by atoms with Crippen molar-refractivity contribution in [3.63, 3.8) is 0 Å². The number of aromatic nitrogens is 2. The second-order valence-corrected chi connectivity index (χ2v) is 6.75. The lowest BCUT2D eigenvalue weighted by Gasteiger charge is -2.17. The highest BCUT2D eigenvalue weighted by Crippen LogP contribution is 2.23. The summed E-state index contributed by atoms with van der Waals surface area (Å²) < 4.78 is 5.77. The maximum Gasteiger partial charge on any atom is 0.274 e. The number of para-hydroxylation sites is 1. The van der Waals surface area contributed by atoms with Crippen LogP contribution >= 0.6 is 0 Å². The van der Waals surface area contributed by atoms with Crippen LogP contribution in [0.25, 0.3) is 0 Å². The fourth-order valence-corrected chi connectivity index (χ4v) is 3.20. The summed E-state index contributed by atoms with van der Waals surface area (Å²) in [6.45, 7) is 3.76. The molecule has 6 heteroatoms. The number of hydrogen-bond acceptors (Lipinski definition) is 5. The molecule has 1 aliphatic heterocycles. The second kappa shape index (κ2) is 8.08. The molecular weight excluding hydrogens is 352 g/mol. The predicted molar refractivity (Wildman–Crippen MR) is 109 cm³/mol. The maximum atomic E-state index is 12.7. The van der Waals surface area contributed by atoms with Crippen molar-refractivity contribution >= 4 is 17.4 Å². The van der Waals surface area contributed by atoms with Gasteiger partial charge >= 0.3 is 0 Å². The lowest BCUT2D eigenvalue weighted by molar-refractivity contribution is 0.102. The van der Waals surface area contributed by atoms with Crippen LogP contribution in [0.4, 0.5) is 11.5 Å². The number of carbonyl (C=O) groups excluding carboxylic acids is 1. The van der Waals surface area contributed by atoms with Crippen LogP contribution in [0, 0.1) is 6.92 Å². The van der Waals surface area contributed by atoms with E-state index in [1.54, 1.807) is 6.07 Å². The summed E-state index contributed by atoms with van der Waals surface area (Å²) in [5.41, 5.74) is 1.06. The zero-order valence-electron chi connectivity index (χ0n) is 15.8. The van der Waals surface area contributed by atoms with Crippen LogP contribution in [0.1, 0.15) is 29.2 Å². The predicted octanol–water partition coefficient (Wildman–Crippen LogP) is 4.43. The molecule has 0 spiro atoms. The van der Waals surface area contributed by atoms with E-state index in [0.717, 1.165) is 37.5 Å². The van der Waals surface area contributed by atoms with Crippen LogP contribution in [0.2, 0.25) is 0 Å². The lowest BCUT2D eigenvalue weighted by Crippen LogP contribution is -2.22. The SMILES string of the molecule is Cc1nc(C(=O)Nc2ccc(Oc3ccccc3)cc2)cc(N2CCCC2)n1. The summed E-state index contributed by atoms with van der Waals surface area (Å²) in [5, 5.41) is 2.89. The van der Waals surface area contributed by atoms with E-state index < -0.39 is 0 Å². The third kappa shape index (κ3) is 4.28. The minimum atomic E-state index is -0.248. The standard InChI is InChI=1S/C22H22N4O2/c1-16-23-20(15-21(24-16)26-13-5-6-14-26)22(27)25-17-9-11-19(12-10-17)28-18-7-3-2-4-8-18/h2-4,7-12,15H,5-6,13-14H2,1H3,(H,25,27). The Morgan fingerprint density at radius 2 is 1.64 bits per heavy atom. The normalized spacial score (nSPS) is 13.4. The van der Waals surface area contributed by atoms with Gasteiger partial charge in [-0.2, -0.15) is 0 Å². The Balaban J connectivity index is 1.44. The Bertz CT molecular complexity index is 952. The molecule has 1 N–H and O–H groups in total. The Kier molecular flexibility index (Phi) is 5.19. The van der Waals surface area contributed by atoms with E-state index in [0.29, 0.717) is 23.0 Å². The lowest BCUT2D eigenvalue weighted by atomic mass is 10.2. The average Bonchev–Trinajstić information content (AvgIpc) is 3.25. The fraction of sp³-hybridized carbons (Fsp3) is 0.227. The van der Waals surface area contributed by atoms with Crippen LogP contribution in [0.3, 0.4) is 0 Å². The molecule has 2 aromatic carbocycles. The van der Waals surface area contributed by atoms with Gasteiger partial charge in [0.05, 0.1) is 0 Å². The third-order valence-corrected chi connectivity index (χ3v) is 4.58. The van der Waals surface area contributed by atoms with Gasteiger partial charge in [-0.1, -0.05) is 18.2 Å². The van der Waals surface area contributed by atoms with Gasteiger partial charge < -0.3 is 15.0 Å². The number of nitrogens with zero attached hydrogens (tertiary/aromatic N) is 3. The molecular formula is C22H22N4O2. The first kappa shape index (κ1) is 18.0. The summed E-state index contributed by atoms with van der Waals surface area (Å²) in [5.74, 6) is 2.65. The molecule has 1 amide bonds. The van der Waals surface area contributed by atoms with Gasteiger partial charge in [-0.05, 0) is 56.2 Å². The van der Waals surface area contributed by atoms with Gasteiger partial charge in [0.15, 0.2) is 0 Å². The van der Waals surface area contributed by atoms with Crippen molar-refractivity contribution in [2.45, 2.75) is 19.8 Å². The number of nitrogens with one attached hydrogen (secondary N) is 1. The van der Waals surface area contributed by atoms with Crippen molar-refractivity contribution in [1.82, 2.24) is 9.97 Å². The van der Waals surface area contributed by atoms with Crippen LogP contribution in [0.15, 0.2) is 60.7 Å². The van der Waals surface area contributed by atoms with E-state index in [1.807, 2.05) is 61.5 Å². The topological polar surface area (TPSA) is 67.3 Å². The number of rotatable bonds is 5. The molecule has 0 saturated carbocycles. The molecule has 3 aromatic rings. The maximum absolute atomic E-state index is 12.7. The van der Waals surface area contributed by atoms with Gasteiger partial charge in [0.25, 0.3) is 5.91 Å². The summed E-state index contributed by atoms with van der Waals surface area (Å²) >= 11 is 0. The third-order valence-electron chi connectivity index (χ3n) is 4.58. The largest absolute Gasteiger partial charge is 0.457 e. The number of amides is 1. The van der Waals surface area contributed by atoms with Crippen LogP contribution in [-0.4, -0.2) is 29.0 Å². The van der Waals surface area contributed by atoms with E-state index >= 15 is 0 Å².